The third kappa shape index (κ3) is 5.52. The normalized spacial score (nSPS) is 15.8. The number of carbonyl (C=O) groups is 1. The molecule has 0 aliphatic carbocycles. The van der Waals surface area contributed by atoms with Crippen LogP contribution in [0.5, 0.6) is 5.75 Å². The molecular weight excluding hydrogens is 402 g/mol. The number of ether oxygens (including phenoxy) is 1. The lowest BCUT2D eigenvalue weighted by Crippen LogP contribution is -2.33. The van der Waals surface area contributed by atoms with Gasteiger partial charge in [0.1, 0.15) is 18.2 Å². The molecule has 1 amide bonds. The summed E-state index contributed by atoms with van der Waals surface area (Å²) in [6.45, 7) is 2.32. The van der Waals surface area contributed by atoms with Gasteiger partial charge in [0.2, 0.25) is 0 Å². The molecule has 1 unspecified atom stereocenters. The van der Waals surface area contributed by atoms with Gasteiger partial charge in [-0.05, 0) is 68.7 Å². The van der Waals surface area contributed by atoms with Crippen LogP contribution in [0.2, 0.25) is 0 Å². The van der Waals surface area contributed by atoms with Crippen molar-refractivity contribution in [3.05, 3.63) is 89.6 Å². The highest BCUT2D eigenvalue weighted by Crippen LogP contribution is 2.30. The fourth-order valence-electron chi connectivity index (χ4n) is 3.97. The molecule has 1 aromatic heterocycles. The van der Waals surface area contributed by atoms with Gasteiger partial charge in [0.15, 0.2) is 0 Å². The number of carbonyl (C=O) groups excluding carboxylic acids is 1. The lowest BCUT2D eigenvalue weighted by Gasteiger charge is -2.31. The van der Waals surface area contributed by atoms with Crippen LogP contribution in [-0.2, 0) is 6.61 Å². The van der Waals surface area contributed by atoms with Crippen LogP contribution in [0.4, 0.5) is 5.82 Å². The van der Waals surface area contributed by atoms with E-state index in [-0.39, 0.29) is 11.8 Å². The van der Waals surface area contributed by atoms with Crippen LogP contribution in [0.15, 0.2) is 72.8 Å². The number of aromatic nitrogens is 1. The molecule has 0 saturated carbocycles. The van der Waals surface area contributed by atoms with E-state index < -0.39 is 6.10 Å². The molecule has 1 atom stereocenters. The van der Waals surface area contributed by atoms with Crippen molar-refractivity contribution in [3.63, 3.8) is 0 Å². The highest BCUT2D eigenvalue weighted by molar-refractivity contribution is 6.05. The predicted octanol–water partition coefficient (Wildman–Crippen LogP) is 4.29. The van der Waals surface area contributed by atoms with Gasteiger partial charge in [0.25, 0.3) is 5.91 Å². The van der Waals surface area contributed by atoms with E-state index in [0.717, 1.165) is 31.5 Å². The van der Waals surface area contributed by atoms with Gasteiger partial charge in [-0.25, -0.2) is 4.98 Å². The topological polar surface area (TPSA) is 74.7 Å². The molecule has 166 valence electrons. The summed E-state index contributed by atoms with van der Waals surface area (Å²) < 4.78 is 5.91. The number of hydrogen-bond donors (Lipinski definition) is 2. The Balaban J connectivity index is 1.43. The lowest BCUT2D eigenvalue weighted by atomic mass is 9.89. The molecule has 32 heavy (non-hydrogen) atoms. The Labute approximate surface area is 188 Å². The molecule has 1 saturated heterocycles. The molecule has 1 aliphatic heterocycles. The number of nitrogens with one attached hydrogen (secondary N) is 1. The number of amides is 1. The molecule has 0 radical (unpaired) electrons. The molecule has 6 heteroatoms. The third-order valence-electron chi connectivity index (χ3n) is 5.89. The van der Waals surface area contributed by atoms with Crippen LogP contribution in [0.3, 0.4) is 0 Å². The first kappa shape index (κ1) is 22.0. The highest BCUT2D eigenvalue weighted by atomic mass is 16.5. The Morgan fingerprint density at radius 3 is 2.56 bits per heavy atom. The van der Waals surface area contributed by atoms with Crippen LogP contribution in [0.25, 0.3) is 0 Å². The minimum absolute atomic E-state index is 0.178. The second-order valence-electron chi connectivity index (χ2n) is 8.26. The van der Waals surface area contributed by atoms with Crippen molar-refractivity contribution in [2.75, 3.05) is 25.5 Å². The predicted molar refractivity (Wildman–Crippen MR) is 125 cm³/mol. The van der Waals surface area contributed by atoms with Crippen LogP contribution in [0, 0.1) is 5.92 Å². The van der Waals surface area contributed by atoms with Crippen molar-refractivity contribution >= 4 is 11.7 Å². The quantitative estimate of drug-likeness (QED) is 0.584. The Hall–Kier alpha value is -3.22. The van der Waals surface area contributed by atoms with E-state index in [1.165, 1.54) is 0 Å². The third-order valence-corrected chi connectivity index (χ3v) is 5.89. The molecule has 6 nitrogen and oxygen atoms in total. The van der Waals surface area contributed by atoms with Gasteiger partial charge < -0.3 is 20.1 Å². The minimum Gasteiger partial charge on any atom is -0.488 e. The van der Waals surface area contributed by atoms with Crippen molar-refractivity contribution in [1.29, 1.82) is 0 Å². The Morgan fingerprint density at radius 1 is 1.06 bits per heavy atom. The first-order valence-electron chi connectivity index (χ1n) is 11.0. The largest absolute Gasteiger partial charge is 0.488 e. The summed E-state index contributed by atoms with van der Waals surface area (Å²) in [7, 11) is 2.10. The number of hydrogen-bond acceptors (Lipinski definition) is 5. The van der Waals surface area contributed by atoms with Gasteiger partial charge in [0.05, 0.1) is 17.4 Å². The maximum absolute atomic E-state index is 13.0. The van der Waals surface area contributed by atoms with Gasteiger partial charge in [0, 0.05) is 0 Å². The van der Waals surface area contributed by atoms with E-state index in [1.807, 2.05) is 48.5 Å². The minimum atomic E-state index is -0.637. The molecule has 3 aromatic rings. The number of para-hydroxylation sites is 1. The van der Waals surface area contributed by atoms with E-state index >= 15 is 0 Å². The molecule has 1 fully saturated rings. The average Bonchev–Trinajstić information content (AvgIpc) is 2.84. The first-order chi connectivity index (χ1) is 15.6. The summed E-state index contributed by atoms with van der Waals surface area (Å²) in [5, 5.41) is 13.7. The summed E-state index contributed by atoms with van der Waals surface area (Å²) in [5.74, 6) is 0.803. The van der Waals surface area contributed by atoms with Crippen LogP contribution >= 0.6 is 0 Å². The van der Waals surface area contributed by atoms with Crippen molar-refractivity contribution in [1.82, 2.24) is 9.88 Å². The van der Waals surface area contributed by atoms with E-state index in [2.05, 4.69) is 22.2 Å². The smallest absolute Gasteiger partial charge is 0.260 e. The lowest BCUT2D eigenvalue weighted by molar-refractivity contribution is 0.0627. The van der Waals surface area contributed by atoms with Crippen LogP contribution < -0.4 is 10.1 Å². The zero-order chi connectivity index (χ0) is 22.3. The van der Waals surface area contributed by atoms with E-state index in [4.69, 9.17) is 4.74 Å². The van der Waals surface area contributed by atoms with Gasteiger partial charge in [-0.3, -0.25) is 4.79 Å². The van der Waals surface area contributed by atoms with E-state index in [1.54, 1.807) is 24.3 Å². The molecule has 1 aliphatic rings. The highest BCUT2D eigenvalue weighted by Gasteiger charge is 2.26. The van der Waals surface area contributed by atoms with E-state index in [9.17, 15) is 9.90 Å². The van der Waals surface area contributed by atoms with Crippen molar-refractivity contribution in [2.24, 2.45) is 5.92 Å². The van der Waals surface area contributed by atoms with Gasteiger partial charge in [-0.15, -0.1) is 0 Å². The van der Waals surface area contributed by atoms with E-state index in [0.29, 0.717) is 29.4 Å². The number of rotatable bonds is 7. The van der Waals surface area contributed by atoms with Crippen LogP contribution in [0.1, 0.15) is 40.6 Å². The number of piperidine rings is 1. The molecule has 2 heterocycles. The molecule has 0 spiro atoms. The maximum atomic E-state index is 13.0. The zero-order valence-electron chi connectivity index (χ0n) is 18.3. The van der Waals surface area contributed by atoms with Gasteiger partial charge in [-0.2, -0.15) is 0 Å². The van der Waals surface area contributed by atoms with Crippen molar-refractivity contribution in [2.45, 2.75) is 25.6 Å². The second kappa shape index (κ2) is 10.4. The monoisotopic (exact) mass is 431 g/mol. The summed E-state index contributed by atoms with van der Waals surface area (Å²) >= 11 is 0. The SMILES string of the molecule is CN1CCC(C(O)c2cccc(NC(=O)c3ccccc3OCc3ccccc3)n2)CC1. The Kier molecular flexibility index (Phi) is 7.14. The molecule has 2 aromatic carbocycles. The summed E-state index contributed by atoms with van der Waals surface area (Å²) in [4.78, 5) is 19.8. The standard InChI is InChI=1S/C26H29N3O3/c1-29-16-14-20(15-17-29)25(30)22-11-7-13-24(27-22)28-26(31)21-10-5-6-12-23(21)32-18-19-8-3-2-4-9-19/h2-13,20,25,30H,14-18H2,1H3,(H,27,28,31). The fraction of sp³-hybridized carbons (Fsp3) is 0.308. The van der Waals surface area contributed by atoms with Gasteiger partial charge >= 0.3 is 0 Å². The number of aliphatic hydroxyl groups is 1. The molecular formula is C26H29N3O3. The summed E-state index contributed by atoms with van der Waals surface area (Å²) in [5.41, 5.74) is 2.05. The maximum Gasteiger partial charge on any atom is 0.260 e. The van der Waals surface area contributed by atoms with Crippen molar-refractivity contribution in [3.8, 4) is 5.75 Å². The fourth-order valence-corrected chi connectivity index (χ4v) is 3.97. The average molecular weight is 432 g/mol. The number of likely N-dealkylation sites (tertiary alicyclic amines) is 1. The number of aliphatic hydroxyl groups excluding tert-OH is 1. The van der Waals surface area contributed by atoms with Gasteiger partial charge in [-0.1, -0.05) is 48.5 Å². The van der Waals surface area contributed by atoms with Crippen LogP contribution in [-0.4, -0.2) is 41.0 Å². The number of pyridine rings is 1. The number of nitrogens with zero attached hydrogens (tertiary/aromatic N) is 2. The number of anilines is 1. The zero-order valence-corrected chi connectivity index (χ0v) is 18.3. The Morgan fingerprint density at radius 2 is 1.78 bits per heavy atom. The first-order valence-corrected chi connectivity index (χ1v) is 11.0. The van der Waals surface area contributed by atoms with Crippen molar-refractivity contribution < 1.29 is 14.6 Å². The molecule has 4 rings (SSSR count). The Bertz CT molecular complexity index is 1030. The summed E-state index contributed by atoms with van der Waals surface area (Å²) in [6, 6.07) is 22.3. The second-order valence-corrected chi connectivity index (χ2v) is 8.26. The number of benzene rings is 2. The summed E-state index contributed by atoms with van der Waals surface area (Å²) in [6.07, 6.45) is 1.23. The molecule has 2 N–H and O–H groups in total. The molecule has 0 bridgehead atoms.